The van der Waals surface area contributed by atoms with E-state index in [-0.39, 0.29) is 17.5 Å². The zero-order valence-corrected chi connectivity index (χ0v) is 24.1. The third-order valence-corrected chi connectivity index (χ3v) is 8.89. The average molecular weight is 572 g/mol. The minimum atomic E-state index is -0.156. The van der Waals surface area contributed by atoms with Gasteiger partial charge >= 0.3 is 0 Å². The Morgan fingerprint density at radius 1 is 0.976 bits per heavy atom. The highest BCUT2D eigenvalue weighted by molar-refractivity contribution is 6.07. The SMILES string of the molecule is Cc1cc2[nH]c(=O)c3cnn(C4CCOCC4)c3c2cc1C(=O)N1CCN(Cc2ccnc(N3CCOCC3)c2)CC1. The van der Waals surface area contributed by atoms with E-state index < -0.39 is 0 Å². The number of H-pyrrole nitrogens is 1. The quantitative estimate of drug-likeness (QED) is 0.390. The largest absolute Gasteiger partial charge is 0.381 e. The summed E-state index contributed by atoms with van der Waals surface area (Å²) in [5.74, 6) is 1.04. The van der Waals surface area contributed by atoms with Gasteiger partial charge < -0.3 is 24.3 Å². The van der Waals surface area contributed by atoms with Crippen LogP contribution in [0.4, 0.5) is 5.82 Å². The number of carbonyl (C=O) groups excluding carboxylic acids is 1. The van der Waals surface area contributed by atoms with E-state index in [0.717, 1.165) is 86.6 Å². The lowest BCUT2D eigenvalue weighted by Gasteiger charge is -2.35. The highest BCUT2D eigenvalue weighted by Crippen LogP contribution is 2.30. The van der Waals surface area contributed by atoms with Crippen molar-refractivity contribution in [2.75, 3.05) is 70.6 Å². The molecule has 11 heteroatoms. The van der Waals surface area contributed by atoms with Crippen molar-refractivity contribution in [2.24, 2.45) is 0 Å². The van der Waals surface area contributed by atoms with E-state index in [1.54, 1.807) is 6.20 Å². The second kappa shape index (κ2) is 11.5. The molecule has 6 heterocycles. The molecule has 3 aromatic heterocycles. The monoisotopic (exact) mass is 571 g/mol. The van der Waals surface area contributed by atoms with Crippen molar-refractivity contribution in [2.45, 2.75) is 32.4 Å². The van der Waals surface area contributed by atoms with Gasteiger partial charge in [0.15, 0.2) is 0 Å². The van der Waals surface area contributed by atoms with Crippen LogP contribution in [0.15, 0.2) is 41.5 Å². The van der Waals surface area contributed by atoms with Crippen molar-refractivity contribution < 1.29 is 14.3 Å². The highest BCUT2D eigenvalue weighted by atomic mass is 16.5. The van der Waals surface area contributed by atoms with Crippen LogP contribution in [0.5, 0.6) is 0 Å². The van der Waals surface area contributed by atoms with Gasteiger partial charge in [-0.05, 0) is 55.2 Å². The summed E-state index contributed by atoms with van der Waals surface area (Å²) in [7, 11) is 0. The van der Waals surface area contributed by atoms with Gasteiger partial charge in [-0.15, -0.1) is 0 Å². The number of piperazine rings is 1. The summed E-state index contributed by atoms with van der Waals surface area (Å²) in [6, 6.07) is 8.31. The van der Waals surface area contributed by atoms with Crippen LogP contribution in [0, 0.1) is 6.92 Å². The molecule has 11 nitrogen and oxygen atoms in total. The predicted molar refractivity (Wildman–Crippen MR) is 160 cm³/mol. The normalized spacial score (nSPS) is 19.2. The highest BCUT2D eigenvalue weighted by Gasteiger charge is 2.26. The molecule has 3 saturated heterocycles. The van der Waals surface area contributed by atoms with E-state index in [4.69, 9.17) is 9.47 Å². The number of carbonyl (C=O) groups is 1. The van der Waals surface area contributed by atoms with E-state index >= 15 is 0 Å². The van der Waals surface area contributed by atoms with Gasteiger partial charge in [0.1, 0.15) is 5.82 Å². The van der Waals surface area contributed by atoms with E-state index in [1.807, 2.05) is 34.8 Å². The van der Waals surface area contributed by atoms with Crippen LogP contribution >= 0.6 is 0 Å². The average Bonchev–Trinajstić information content (AvgIpc) is 3.48. The number of aromatic nitrogens is 4. The Morgan fingerprint density at radius 3 is 2.52 bits per heavy atom. The molecule has 7 rings (SSSR count). The Hall–Kier alpha value is -3.80. The van der Waals surface area contributed by atoms with Gasteiger partial charge in [0, 0.05) is 76.2 Å². The lowest BCUT2D eigenvalue weighted by atomic mass is 10.0. The van der Waals surface area contributed by atoms with Crippen LogP contribution in [0.1, 0.15) is 40.4 Å². The molecule has 3 aliphatic rings. The maximum Gasteiger partial charge on any atom is 0.259 e. The molecule has 0 bridgehead atoms. The number of anilines is 1. The first-order valence-electron chi connectivity index (χ1n) is 15.0. The van der Waals surface area contributed by atoms with E-state index in [1.165, 1.54) is 5.56 Å². The zero-order valence-electron chi connectivity index (χ0n) is 24.1. The number of pyridine rings is 2. The van der Waals surface area contributed by atoms with Gasteiger partial charge in [-0.25, -0.2) is 4.98 Å². The fourth-order valence-electron chi connectivity index (χ4n) is 6.49. The number of morpholine rings is 1. The maximum atomic E-state index is 13.8. The smallest absolute Gasteiger partial charge is 0.259 e. The van der Waals surface area contributed by atoms with Crippen LogP contribution in [0.25, 0.3) is 21.8 Å². The van der Waals surface area contributed by atoms with Crippen molar-refractivity contribution in [3.05, 3.63) is 63.7 Å². The number of nitrogens with zero attached hydrogens (tertiary/aromatic N) is 6. The minimum Gasteiger partial charge on any atom is -0.381 e. The Balaban J connectivity index is 1.09. The topological polar surface area (TPSA) is 109 Å². The molecule has 0 spiro atoms. The molecule has 0 unspecified atom stereocenters. The molecule has 3 aliphatic heterocycles. The standard InChI is InChI=1S/C31H37N7O4/c1-21-16-27-25(29-26(30(39)34-27)19-33-38(29)23-3-12-41-13-4-23)18-24(21)31(40)37-8-6-35(7-9-37)20-22-2-5-32-28(17-22)36-10-14-42-15-11-36/h2,5,16-19,23H,3-4,6-15,20H2,1H3,(H,34,39). The van der Waals surface area contributed by atoms with Crippen molar-refractivity contribution in [3.63, 3.8) is 0 Å². The molecule has 1 amide bonds. The fourth-order valence-corrected chi connectivity index (χ4v) is 6.49. The number of amides is 1. The summed E-state index contributed by atoms with van der Waals surface area (Å²) in [5.41, 5.74) is 4.14. The van der Waals surface area contributed by atoms with Crippen molar-refractivity contribution in [1.29, 1.82) is 0 Å². The molecule has 0 saturated carbocycles. The van der Waals surface area contributed by atoms with Crippen molar-refractivity contribution in [1.82, 2.24) is 29.5 Å². The number of benzene rings is 1. The Kier molecular flexibility index (Phi) is 7.39. The third kappa shape index (κ3) is 5.16. The number of hydrogen-bond acceptors (Lipinski definition) is 8. The summed E-state index contributed by atoms with van der Waals surface area (Å²) in [6.07, 6.45) is 5.24. The zero-order chi connectivity index (χ0) is 28.6. The van der Waals surface area contributed by atoms with Gasteiger partial charge in [-0.1, -0.05) is 0 Å². The van der Waals surface area contributed by atoms with Crippen LogP contribution in [0.3, 0.4) is 0 Å². The lowest BCUT2D eigenvalue weighted by Crippen LogP contribution is -2.48. The van der Waals surface area contributed by atoms with Crippen molar-refractivity contribution >= 4 is 33.5 Å². The lowest BCUT2D eigenvalue weighted by molar-refractivity contribution is 0.0628. The van der Waals surface area contributed by atoms with Crippen LogP contribution < -0.4 is 10.5 Å². The molecule has 0 radical (unpaired) electrons. The van der Waals surface area contributed by atoms with Crippen LogP contribution in [-0.2, 0) is 16.0 Å². The molecule has 0 aliphatic carbocycles. The second-order valence-corrected chi connectivity index (χ2v) is 11.6. The summed E-state index contributed by atoms with van der Waals surface area (Å²) in [4.78, 5) is 41.0. The van der Waals surface area contributed by atoms with Gasteiger partial charge in [-0.3, -0.25) is 19.2 Å². The van der Waals surface area contributed by atoms with Gasteiger partial charge in [0.05, 0.1) is 41.9 Å². The minimum absolute atomic E-state index is 0.0315. The molecule has 1 aromatic carbocycles. The molecule has 1 N–H and O–H groups in total. The van der Waals surface area contributed by atoms with E-state index in [0.29, 0.717) is 37.3 Å². The second-order valence-electron chi connectivity index (χ2n) is 11.6. The molecular formula is C31H37N7O4. The number of aromatic amines is 1. The molecule has 3 fully saturated rings. The summed E-state index contributed by atoms with van der Waals surface area (Å²) >= 11 is 0. The molecular weight excluding hydrogens is 534 g/mol. The Morgan fingerprint density at radius 2 is 1.74 bits per heavy atom. The fraction of sp³-hybridized carbons (Fsp3) is 0.484. The third-order valence-electron chi connectivity index (χ3n) is 8.89. The number of fused-ring (bicyclic) bond motifs is 3. The number of rotatable bonds is 5. The van der Waals surface area contributed by atoms with E-state index in [9.17, 15) is 9.59 Å². The van der Waals surface area contributed by atoms with Gasteiger partial charge in [0.2, 0.25) is 0 Å². The molecule has 42 heavy (non-hydrogen) atoms. The van der Waals surface area contributed by atoms with Gasteiger partial charge in [-0.2, -0.15) is 5.10 Å². The molecule has 0 atom stereocenters. The number of aryl methyl sites for hydroxylation is 1. The van der Waals surface area contributed by atoms with Gasteiger partial charge in [0.25, 0.3) is 11.5 Å². The number of nitrogens with one attached hydrogen (secondary N) is 1. The van der Waals surface area contributed by atoms with Crippen LogP contribution in [-0.4, -0.2) is 101 Å². The summed E-state index contributed by atoms with van der Waals surface area (Å²) in [6.45, 7) is 10.3. The van der Waals surface area contributed by atoms with Crippen molar-refractivity contribution in [3.8, 4) is 0 Å². The number of ether oxygens (including phenoxy) is 2. The first-order chi connectivity index (χ1) is 20.5. The predicted octanol–water partition coefficient (Wildman–Crippen LogP) is 2.73. The molecule has 4 aromatic rings. The maximum absolute atomic E-state index is 13.8. The summed E-state index contributed by atoms with van der Waals surface area (Å²) < 4.78 is 13.0. The first-order valence-corrected chi connectivity index (χ1v) is 15.0. The van der Waals surface area contributed by atoms with E-state index in [2.05, 4.69) is 37.0 Å². The first kappa shape index (κ1) is 27.1. The Bertz CT molecular complexity index is 1660. The van der Waals surface area contributed by atoms with Crippen LogP contribution in [0.2, 0.25) is 0 Å². The molecule has 220 valence electrons. The number of hydrogen-bond donors (Lipinski definition) is 1. The summed E-state index contributed by atoms with van der Waals surface area (Å²) in [5, 5.41) is 6.03. The Labute approximate surface area is 244 Å².